The predicted molar refractivity (Wildman–Crippen MR) is 71.6 cm³/mol. The Morgan fingerprint density at radius 2 is 2.00 bits per heavy atom. The van der Waals surface area contributed by atoms with Crippen molar-refractivity contribution in [1.82, 2.24) is 10.3 Å². The molecule has 1 saturated heterocycles. The minimum atomic E-state index is 0.925. The second kappa shape index (κ2) is 4.85. The summed E-state index contributed by atoms with van der Waals surface area (Å²) in [7, 11) is 0. The molecule has 1 fully saturated rings. The molecular formula is C13H14N3S. The highest BCUT2D eigenvalue weighted by Gasteiger charge is 2.12. The monoisotopic (exact) mass is 244 g/mol. The van der Waals surface area contributed by atoms with E-state index in [9.17, 15) is 0 Å². The van der Waals surface area contributed by atoms with Crippen LogP contribution in [-0.2, 0) is 0 Å². The topological polar surface area (TPSA) is 30.2 Å². The molecule has 3 nitrogen and oxygen atoms in total. The summed E-state index contributed by atoms with van der Waals surface area (Å²) < 4.78 is 0. The number of thiophene rings is 1. The molecule has 0 bridgehead atoms. The first-order valence-corrected chi connectivity index (χ1v) is 6.69. The normalized spacial score (nSPS) is 16.1. The molecule has 0 saturated carbocycles. The summed E-state index contributed by atoms with van der Waals surface area (Å²) in [5, 5.41) is 6.44. The van der Waals surface area contributed by atoms with Crippen LogP contribution in [0.25, 0.3) is 10.4 Å². The van der Waals surface area contributed by atoms with Crippen molar-refractivity contribution in [2.24, 2.45) is 0 Å². The molecule has 87 valence electrons. The minimum absolute atomic E-state index is 0.925. The van der Waals surface area contributed by atoms with E-state index in [1.165, 1.54) is 10.4 Å². The lowest BCUT2D eigenvalue weighted by Crippen LogP contribution is -2.40. The Bertz CT molecular complexity index is 458. The molecule has 0 atom stereocenters. The van der Waals surface area contributed by atoms with Crippen LogP contribution in [0.2, 0.25) is 0 Å². The first-order chi connectivity index (χ1) is 8.43. The summed E-state index contributed by atoms with van der Waals surface area (Å²) in [6.07, 6.45) is 1.97. The van der Waals surface area contributed by atoms with Crippen LogP contribution in [0.1, 0.15) is 0 Å². The van der Waals surface area contributed by atoms with Gasteiger partial charge in [0.05, 0.1) is 0 Å². The number of rotatable bonds is 2. The molecule has 3 rings (SSSR count). The quantitative estimate of drug-likeness (QED) is 0.811. The fraction of sp³-hybridized carbons (Fsp3) is 0.308. The van der Waals surface area contributed by atoms with Gasteiger partial charge >= 0.3 is 0 Å². The van der Waals surface area contributed by atoms with Crippen LogP contribution in [-0.4, -0.2) is 31.2 Å². The number of aromatic nitrogens is 1. The maximum atomic E-state index is 4.55. The van der Waals surface area contributed by atoms with Crippen molar-refractivity contribution >= 4 is 17.2 Å². The van der Waals surface area contributed by atoms with E-state index in [1.54, 1.807) is 11.3 Å². The summed E-state index contributed by atoms with van der Waals surface area (Å²) in [5.41, 5.74) is 1.20. The van der Waals surface area contributed by atoms with Gasteiger partial charge in [0, 0.05) is 42.8 Å². The Labute approximate surface area is 105 Å². The summed E-state index contributed by atoms with van der Waals surface area (Å²) in [5.74, 6) is 1.07. The standard InChI is InChI=1S/C13H14N3S/c1-2-12(17-9-1)11-3-4-13(15-10-11)16-7-5-14-6-8-16/h1-4,9-10H,5-8H2. The molecular weight excluding hydrogens is 230 g/mol. The summed E-state index contributed by atoms with van der Waals surface area (Å²) in [6, 6.07) is 8.46. The highest BCUT2D eigenvalue weighted by Crippen LogP contribution is 2.25. The fourth-order valence-corrected chi connectivity index (χ4v) is 2.71. The number of hydrogen-bond acceptors (Lipinski definition) is 3. The van der Waals surface area contributed by atoms with Crippen LogP contribution in [0.15, 0.2) is 35.8 Å². The zero-order valence-corrected chi connectivity index (χ0v) is 10.4. The van der Waals surface area contributed by atoms with Gasteiger partial charge in [-0.3, -0.25) is 0 Å². The van der Waals surface area contributed by atoms with Gasteiger partial charge in [0.2, 0.25) is 0 Å². The largest absolute Gasteiger partial charge is 0.354 e. The number of anilines is 1. The molecule has 2 aromatic rings. The smallest absolute Gasteiger partial charge is 0.128 e. The van der Waals surface area contributed by atoms with Gasteiger partial charge < -0.3 is 4.90 Å². The van der Waals surface area contributed by atoms with Crippen LogP contribution in [0.4, 0.5) is 5.82 Å². The van der Waals surface area contributed by atoms with Crippen molar-refractivity contribution in [2.45, 2.75) is 0 Å². The lowest BCUT2D eigenvalue weighted by molar-refractivity contribution is 0.575. The minimum Gasteiger partial charge on any atom is -0.354 e. The average molecular weight is 244 g/mol. The van der Waals surface area contributed by atoms with E-state index in [1.807, 2.05) is 6.20 Å². The molecule has 0 unspecified atom stereocenters. The fourth-order valence-electron chi connectivity index (χ4n) is 2.00. The second-order valence-corrected chi connectivity index (χ2v) is 4.99. The lowest BCUT2D eigenvalue weighted by Gasteiger charge is -2.27. The lowest BCUT2D eigenvalue weighted by atomic mass is 10.2. The van der Waals surface area contributed by atoms with Crippen molar-refractivity contribution in [3.63, 3.8) is 0 Å². The Morgan fingerprint density at radius 1 is 1.12 bits per heavy atom. The van der Waals surface area contributed by atoms with E-state index >= 15 is 0 Å². The Balaban J connectivity index is 1.80. The van der Waals surface area contributed by atoms with Crippen molar-refractivity contribution < 1.29 is 0 Å². The van der Waals surface area contributed by atoms with E-state index in [2.05, 4.69) is 44.8 Å². The molecule has 0 aromatic carbocycles. The third-order valence-electron chi connectivity index (χ3n) is 2.93. The van der Waals surface area contributed by atoms with E-state index in [0.717, 1.165) is 32.0 Å². The molecule has 0 aliphatic carbocycles. The van der Waals surface area contributed by atoms with Gasteiger partial charge in [-0.05, 0) is 23.6 Å². The Hall–Kier alpha value is -1.39. The third kappa shape index (κ3) is 2.33. The molecule has 0 spiro atoms. The molecule has 1 aliphatic rings. The van der Waals surface area contributed by atoms with Gasteiger partial charge in [0.15, 0.2) is 0 Å². The number of pyridine rings is 1. The van der Waals surface area contributed by atoms with E-state index in [4.69, 9.17) is 0 Å². The van der Waals surface area contributed by atoms with E-state index in [0.29, 0.717) is 0 Å². The van der Waals surface area contributed by atoms with Gasteiger partial charge in [-0.15, -0.1) is 11.3 Å². The number of piperazine rings is 1. The van der Waals surface area contributed by atoms with Gasteiger partial charge in [-0.1, -0.05) is 6.07 Å². The van der Waals surface area contributed by atoms with Gasteiger partial charge in [-0.25, -0.2) is 10.3 Å². The van der Waals surface area contributed by atoms with Crippen LogP contribution in [0.5, 0.6) is 0 Å². The maximum absolute atomic E-state index is 4.55. The molecule has 0 N–H and O–H groups in total. The molecule has 1 aliphatic heterocycles. The molecule has 4 heteroatoms. The van der Waals surface area contributed by atoms with Crippen molar-refractivity contribution in [1.29, 1.82) is 0 Å². The molecule has 0 amide bonds. The van der Waals surface area contributed by atoms with Crippen LogP contribution < -0.4 is 10.2 Å². The first-order valence-electron chi connectivity index (χ1n) is 5.81. The van der Waals surface area contributed by atoms with Crippen LogP contribution in [0.3, 0.4) is 0 Å². The van der Waals surface area contributed by atoms with Crippen LogP contribution >= 0.6 is 11.3 Å². The summed E-state index contributed by atoms with van der Waals surface area (Å²) in [4.78, 5) is 8.12. The Morgan fingerprint density at radius 3 is 2.65 bits per heavy atom. The van der Waals surface area contributed by atoms with Gasteiger partial charge in [-0.2, -0.15) is 0 Å². The second-order valence-electron chi connectivity index (χ2n) is 4.04. The SMILES string of the molecule is c1csc(-c2ccc(N3CC[N]CC3)nc2)c1. The first kappa shape index (κ1) is 10.7. The number of nitrogens with zero attached hydrogens (tertiary/aromatic N) is 3. The van der Waals surface area contributed by atoms with E-state index in [-0.39, 0.29) is 0 Å². The van der Waals surface area contributed by atoms with Crippen molar-refractivity contribution in [3.05, 3.63) is 35.8 Å². The molecule has 1 radical (unpaired) electrons. The highest BCUT2D eigenvalue weighted by atomic mass is 32.1. The number of hydrogen-bond donors (Lipinski definition) is 0. The van der Waals surface area contributed by atoms with Gasteiger partial charge in [0.25, 0.3) is 0 Å². The molecule has 17 heavy (non-hydrogen) atoms. The molecule has 2 aromatic heterocycles. The van der Waals surface area contributed by atoms with Crippen LogP contribution in [0, 0.1) is 0 Å². The third-order valence-corrected chi connectivity index (χ3v) is 3.85. The summed E-state index contributed by atoms with van der Waals surface area (Å²) in [6.45, 7) is 3.83. The van der Waals surface area contributed by atoms with Gasteiger partial charge in [0.1, 0.15) is 5.82 Å². The maximum Gasteiger partial charge on any atom is 0.128 e. The average Bonchev–Trinajstić information content (AvgIpc) is 2.94. The zero-order valence-electron chi connectivity index (χ0n) is 9.54. The highest BCUT2D eigenvalue weighted by molar-refractivity contribution is 7.13. The predicted octanol–water partition coefficient (Wildman–Crippen LogP) is 2.23. The zero-order chi connectivity index (χ0) is 11.5. The Kier molecular flexibility index (Phi) is 3.07. The van der Waals surface area contributed by atoms with Crippen molar-refractivity contribution in [2.75, 3.05) is 31.1 Å². The van der Waals surface area contributed by atoms with Crippen molar-refractivity contribution in [3.8, 4) is 10.4 Å². The molecule has 3 heterocycles. The summed E-state index contributed by atoms with van der Waals surface area (Å²) >= 11 is 1.75. The van der Waals surface area contributed by atoms with E-state index < -0.39 is 0 Å².